The smallest absolute Gasteiger partial charge is 0.257 e. The second kappa shape index (κ2) is 6.95. The van der Waals surface area contributed by atoms with Crippen molar-refractivity contribution < 1.29 is 9.53 Å². The molecule has 1 saturated heterocycles. The van der Waals surface area contributed by atoms with Crippen LogP contribution in [0.25, 0.3) is 0 Å². The molecule has 1 amide bonds. The van der Waals surface area contributed by atoms with Gasteiger partial charge in [0.15, 0.2) is 0 Å². The van der Waals surface area contributed by atoms with Crippen LogP contribution < -0.4 is 5.32 Å². The maximum atomic E-state index is 12.7. The van der Waals surface area contributed by atoms with E-state index in [4.69, 9.17) is 4.74 Å². The Labute approximate surface area is 152 Å². The van der Waals surface area contributed by atoms with E-state index in [0.29, 0.717) is 43.7 Å². The Kier molecular flexibility index (Phi) is 4.50. The summed E-state index contributed by atoms with van der Waals surface area (Å²) in [5.74, 6) is 0.785. The minimum absolute atomic E-state index is 0.0495. The summed E-state index contributed by atoms with van der Waals surface area (Å²) in [4.78, 5) is 31.4. The Bertz CT molecular complexity index is 763. The van der Waals surface area contributed by atoms with E-state index in [0.717, 1.165) is 18.4 Å². The zero-order valence-corrected chi connectivity index (χ0v) is 14.8. The highest BCUT2D eigenvalue weighted by molar-refractivity contribution is 5.93. The van der Waals surface area contributed by atoms with Gasteiger partial charge in [0.25, 0.3) is 5.91 Å². The van der Waals surface area contributed by atoms with Gasteiger partial charge in [0, 0.05) is 43.4 Å². The van der Waals surface area contributed by atoms with Gasteiger partial charge in [-0.05, 0) is 18.8 Å². The van der Waals surface area contributed by atoms with E-state index in [-0.39, 0.29) is 11.4 Å². The van der Waals surface area contributed by atoms with Gasteiger partial charge in [0.05, 0.1) is 24.3 Å². The zero-order chi connectivity index (χ0) is 18.0. The van der Waals surface area contributed by atoms with Crippen LogP contribution in [0, 0.1) is 5.92 Å². The molecule has 2 aromatic rings. The number of carbonyl (C=O) groups is 1. The molecule has 0 radical (unpaired) electrons. The molecule has 1 atom stereocenters. The fraction of sp³-hybridized carbons (Fsp3) is 0.500. The van der Waals surface area contributed by atoms with E-state index in [1.165, 1.54) is 6.33 Å². The first-order chi connectivity index (χ1) is 12.7. The summed E-state index contributed by atoms with van der Waals surface area (Å²) < 4.78 is 5.50. The van der Waals surface area contributed by atoms with Crippen LogP contribution in [0.1, 0.15) is 35.7 Å². The van der Waals surface area contributed by atoms with Crippen molar-refractivity contribution in [3.05, 3.63) is 42.2 Å². The summed E-state index contributed by atoms with van der Waals surface area (Å²) in [5, 5.41) is 3.36. The van der Waals surface area contributed by atoms with Crippen LogP contribution in [-0.4, -0.2) is 57.0 Å². The minimum atomic E-state index is -0.190. The highest BCUT2D eigenvalue weighted by Gasteiger charge is 2.45. The number of nitrogens with zero attached hydrogens (tertiary/aromatic N) is 5. The second-order valence-corrected chi connectivity index (χ2v) is 7.06. The number of carbonyl (C=O) groups excluding carboxylic acids is 1. The fourth-order valence-corrected chi connectivity index (χ4v) is 3.22. The third-order valence-electron chi connectivity index (χ3n) is 4.84. The van der Waals surface area contributed by atoms with Crippen molar-refractivity contribution in [2.45, 2.75) is 25.3 Å². The Morgan fingerprint density at radius 2 is 1.96 bits per heavy atom. The molecule has 1 aliphatic heterocycles. The molecular weight excluding hydrogens is 332 g/mol. The molecule has 0 bridgehead atoms. The maximum absolute atomic E-state index is 12.7. The zero-order valence-electron chi connectivity index (χ0n) is 14.8. The number of aromatic nitrogens is 4. The fourth-order valence-electron chi connectivity index (χ4n) is 3.22. The highest BCUT2D eigenvalue weighted by atomic mass is 16.5. The normalized spacial score (nSPS) is 21.7. The van der Waals surface area contributed by atoms with E-state index in [9.17, 15) is 4.79 Å². The molecule has 2 aliphatic rings. The van der Waals surface area contributed by atoms with Gasteiger partial charge in [0.1, 0.15) is 6.33 Å². The van der Waals surface area contributed by atoms with Gasteiger partial charge in [-0.25, -0.2) is 19.9 Å². The van der Waals surface area contributed by atoms with Crippen LogP contribution >= 0.6 is 0 Å². The Hall–Kier alpha value is -2.61. The summed E-state index contributed by atoms with van der Waals surface area (Å²) in [5.41, 5.74) is 1.34. The summed E-state index contributed by atoms with van der Waals surface area (Å²) >= 11 is 0. The number of amides is 1. The SMILES string of the molecule is CC1COCCN(C(=O)c2cnc(NC3(c4cncnc4)CC3)nc2)C1. The van der Waals surface area contributed by atoms with Gasteiger partial charge in [-0.15, -0.1) is 0 Å². The van der Waals surface area contributed by atoms with Gasteiger partial charge in [-0.2, -0.15) is 0 Å². The summed E-state index contributed by atoms with van der Waals surface area (Å²) in [6.45, 7) is 4.63. The molecule has 1 aliphatic carbocycles. The maximum Gasteiger partial charge on any atom is 0.257 e. The lowest BCUT2D eigenvalue weighted by Crippen LogP contribution is -2.35. The first-order valence-corrected chi connectivity index (χ1v) is 8.89. The lowest BCUT2D eigenvalue weighted by molar-refractivity contribution is 0.0737. The average Bonchev–Trinajstić information content (AvgIpc) is 3.48. The van der Waals surface area contributed by atoms with Crippen molar-refractivity contribution >= 4 is 11.9 Å². The van der Waals surface area contributed by atoms with Gasteiger partial charge in [-0.3, -0.25) is 4.79 Å². The third-order valence-corrected chi connectivity index (χ3v) is 4.84. The standard InChI is InChI=1S/C18H22N6O2/c1-13-10-24(4-5-26-11-13)16(25)14-6-21-17(22-7-14)23-18(2-3-18)15-8-19-12-20-9-15/h6-9,12-13H,2-5,10-11H2,1H3,(H,21,22,23). The minimum Gasteiger partial charge on any atom is -0.379 e. The van der Waals surface area contributed by atoms with Crippen LogP contribution in [-0.2, 0) is 10.3 Å². The van der Waals surface area contributed by atoms with Gasteiger partial charge in [-0.1, -0.05) is 6.92 Å². The first kappa shape index (κ1) is 16.8. The van der Waals surface area contributed by atoms with Crippen LogP contribution in [0.15, 0.2) is 31.1 Å². The van der Waals surface area contributed by atoms with E-state index < -0.39 is 0 Å². The van der Waals surface area contributed by atoms with Crippen LogP contribution in [0.3, 0.4) is 0 Å². The lowest BCUT2D eigenvalue weighted by atomic mass is 10.1. The highest BCUT2D eigenvalue weighted by Crippen LogP contribution is 2.47. The predicted molar refractivity (Wildman–Crippen MR) is 94.5 cm³/mol. The number of hydrogen-bond donors (Lipinski definition) is 1. The van der Waals surface area contributed by atoms with Crippen molar-refractivity contribution in [2.75, 3.05) is 31.6 Å². The van der Waals surface area contributed by atoms with E-state index >= 15 is 0 Å². The molecule has 136 valence electrons. The second-order valence-electron chi connectivity index (χ2n) is 7.06. The summed E-state index contributed by atoms with van der Waals surface area (Å²) in [6.07, 6.45) is 10.3. The number of ether oxygens (including phenoxy) is 1. The summed E-state index contributed by atoms with van der Waals surface area (Å²) in [6, 6.07) is 0. The lowest BCUT2D eigenvalue weighted by Gasteiger charge is -2.22. The molecule has 0 aromatic carbocycles. The number of hydrogen-bond acceptors (Lipinski definition) is 7. The first-order valence-electron chi connectivity index (χ1n) is 8.89. The third kappa shape index (κ3) is 3.50. The van der Waals surface area contributed by atoms with Crippen molar-refractivity contribution in [2.24, 2.45) is 5.92 Å². The van der Waals surface area contributed by atoms with Crippen LogP contribution in [0.2, 0.25) is 0 Å². The molecule has 1 N–H and O–H groups in total. The van der Waals surface area contributed by atoms with Gasteiger partial charge in [0.2, 0.25) is 5.95 Å². The summed E-state index contributed by atoms with van der Waals surface area (Å²) in [7, 11) is 0. The molecule has 3 heterocycles. The van der Waals surface area contributed by atoms with Crippen molar-refractivity contribution in [1.29, 1.82) is 0 Å². The van der Waals surface area contributed by atoms with Crippen molar-refractivity contribution in [1.82, 2.24) is 24.8 Å². The number of nitrogens with one attached hydrogen (secondary N) is 1. The molecule has 0 spiro atoms. The molecule has 2 fully saturated rings. The largest absolute Gasteiger partial charge is 0.379 e. The molecule has 1 unspecified atom stereocenters. The van der Waals surface area contributed by atoms with E-state index in [1.54, 1.807) is 12.4 Å². The Morgan fingerprint density at radius 1 is 1.23 bits per heavy atom. The number of rotatable bonds is 4. The average molecular weight is 354 g/mol. The van der Waals surface area contributed by atoms with E-state index in [1.807, 2.05) is 17.3 Å². The molecule has 2 aromatic heterocycles. The molecule has 1 saturated carbocycles. The van der Waals surface area contributed by atoms with Crippen molar-refractivity contribution in [3.63, 3.8) is 0 Å². The topological polar surface area (TPSA) is 93.1 Å². The van der Waals surface area contributed by atoms with Crippen molar-refractivity contribution in [3.8, 4) is 0 Å². The quantitative estimate of drug-likeness (QED) is 0.889. The van der Waals surface area contributed by atoms with Gasteiger partial charge < -0.3 is 15.0 Å². The molecule has 8 nitrogen and oxygen atoms in total. The Balaban J connectivity index is 1.44. The van der Waals surface area contributed by atoms with Crippen LogP contribution in [0.5, 0.6) is 0 Å². The number of anilines is 1. The molecule has 4 rings (SSSR count). The molecule has 8 heteroatoms. The Morgan fingerprint density at radius 3 is 2.65 bits per heavy atom. The van der Waals surface area contributed by atoms with Crippen LogP contribution in [0.4, 0.5) is 5.95 Å². The molecule has 26 heavy (non-hydrogen) atoms. The van der Waals surface area contributed by atoms with E-state index in [2.05, 4.69) is 32.2 Å². The monoisotopic (exact) mass is 354 g/mol. The molecular formula is C18H22N6O2. The van der Waals surface area contributed by atoms with Gasteiger partial charge >= 0.3 is 0 Å². The predicted octanol–water partition coefficient (Wildman–Crippen LogP) is 1.48.